The Morgan fingerprint density at radius 3 is 2.82 bits per heavy atom. The van der Waals surface area contributed by atoms with Crippen LogP contribution in [0.25, 0.3) is 10.9 Å². The molecule has 0 aliphatic heterocycles. The Labute approximate surface area is 102 Å². The zero-order chi connectivity index (χ0) is 11.7. The number of nitrogens with zero attached hydrogens (tertiary/aromatic N) is 1. The highest BCUT2D eigenvalue weighted by atomic mass is 14.9. The fraction of sp³-hybridized carbons (Fsp3) is 0.400. The Morgan fingerprint density at radius 2 is 2.00 bits per heavy atom. The molecule has 1 N–H and O–H groups in total. The summed E-state index contributed by atoms with van der Waals surface area (Å²) in [5.41, 5.74) is 2.23. The largest absolute Gasteiger partial charge is 0.308 e. The molecule has 1 heterocycles. The molecular formula is C15H18N2. The van der Waals surface area contributed by atoms with E-state index in [0.29, 0.717) is 6.04 Å². The molecule has 3 rings (SSSR count). The fourth-order valence-electron chi connectivity index (χ4n) is 2.52. The van der Waals surface area contributed by atoms with E-state index in [-0.39, 0.29) is 0 Å². The van der Waals surface area contributed by atoms with Gasteiger partial charge >= 0.3 is 0 Å². The van der Waals surface area contributed by atoms with Crippen LogP contribution < -0.4 is 5.32 Å². The standard InChI is InChI=1S/C15H18N2/c1-11-8-14(9-11)16-10-13-7-6-12-4-2-3-5-15(12)17-13/h2-7,11,14,16H,8-10H2,1H3. The van der Waals surface area contributed by atoms with Gasteiger partial charge < -0.3 is 5.32 Å². The smallest absolute Gasteiger partial charge is 0.0705 e. The maximum atomic E-state index is 4.66. The van der Waals surface area contributed by atoms with E-state index in [1.165, 1.54) is 18.2 Å². The molecule has 1 fully saturated rings. The predicted molar refractivity (Wildman–Crippen MR) is 70.8 cm³/mol. The molecule has 0 bridgehead atoms. The van der Waals surface area contributed by atoms with Gasteiger partial charge in [-0.1, -0.05) is 31.2 Å². The van der Waals surface area contributed by atoms with E-state index >= 15 is 0 Å². The number of aromatic nitrogens is 1. The molecule has 2 aromatic rings. The molecule has 0 unspecified atom stereocenters. The van der Waals surface area contributed by atoms with Crippen LogP contribution in [0, 0.1) is 5.92 Å². The maximum absolute atomic E-state index is 4.66. The van der Waals surface area contributed by atoms with Crippen molar-refractivity contribution in [3.63, 3.8) is 0 Å². The first-order valence-electron chi connectivity index (χ1n) is 6.39. The molecule has 0 amide bonds. The van der Waals surface area contributed by atoms with Crippen LogP contribution in [0.3, 0.4) is 0 Å². The Kier molecular flexibility index (Phi) is 2.81. The summed E-state index contributed by atoms with van der Waals surface area (Å²) in [5, 5.41) is 4.78. The van der Waals surface area contributed by atoms with Gasteiger partial charge in [-0.15, -0.1) is 0 Å². The van der Waals surface area contributed by atoms with Gasteiger partial charge in [-0.05, 0) is 30.9 Å². The van der Waals surface area contributed by atoms with Gasteiger partial charge in [-0.2, -0.15) is 0 Å². The van der Waals surface area contributed by atoms with Gasteiger partial charge in [-0.25, -0.2) is 0 Å². The third kappa shape index (κ3) is 2.32. The second kappa shape index (κ2) is 4.46. The average Bonchev–Trinajstić information content (AvgIpc) is 2.33. The van der Waals surface area contributed by atoms with Gasteiger partial charge in [0.15, 0.2) is 0 Å². The average molecular weight is 226 g/mol. The van der Waals surface area contributed by atoms with Crippen molar-refractivity contribution >= 4 is 10.9 Å². The molecule has 2 nitrogen and oxygen atoms in total. The van der Waals surface area contributed by atoms with E-state index in [0.717, 1.165) is 23.7 Å². The molecule has 0 spiro atoms. The lowest BCUT2D eigenvalue weighted by atomic mass is 9.82. The van der Waals surface area contributed by atoms with Gasteiger partial charge in [0.05, 0.1) is 11.2 Å². The van der Waals surface area contributed by atoms with Crippen molar-refractivity contribution in [2.45, 2.75) is 32.4 Å². The predicted octanol–water partition coefficient (Wildman–Crippen LogP) is 3.12. The summed E-state index contributed by atoms with van der Waals surface area (Å²) in [6.07, 6.45) is 2.63. The topological polar surface area (TPSA) is 24.9 Å². The lowest BCUT2D eigenvalue weighted by molar-refractivity contribution is 0.240. The summed E-state index contributed by atoms with van der Waals surface area (Å²) in [7, 11) is 0. The first-order valence-corrected chi connectivity index (χ1v) is 6.39. The highest BCUT2D eigenvalue weighted by Gasteiger charge is 2.24. The van der Waals surface area contributed by atoms with Crippen LogP contribution in [0.2, 0.25) is 0 Å². The SMILES string of the molecule is CC1CC(NCc2ccc3ccccc3n2)C1. The number of rotatable bonds is 3. The lowest BCUT2D eigenvalue weighted by Gasteiger charge is -2.33. The quantitative estimate of drug-likeness (QED) is 0.869. The van der Waals surface area contributed by atoms with E-state index in [1.54, 1.807) is 0 Å². The molecule has 88 valence electrons. The summed E-state index contributed by atoms with van der Waals surface area (Å²) in [6.45, 7) is 3.20. The Morgan fingerprint density at radius 1 is 1.18 bits per heavy atom. The third-order valence-electron chi connectivity index (χ3n) is 3.60. The van der Waals surface area contributed by atoms with E-state index in [1.807, 2.05) is 6.07 Å². The number of fused-ring (bicyclic) bond motifs is 1. The Balaban J connectivity index is 1.68. The molecular weight excluding hydrogens is 208 g/mol. The van der Waals surface area contributed by atoms with Crippen molar-refractivity contribution in [3.05, 3.63) is 42.1 Å². The van der Waals surface area contributed by atoms with Gasteiger partial charge in [0.2, 0.25) is 0 Å². The fourth-order valence-corrected chi connectivity index (χ4v) is 2.52. The van der Waals surface area contributed by atoms with Crippen LogP contribution in [-0.2, 0) is 6.54 Å². The van der Waals surface area contributed by atoms with E-state index in [4.69, 9.17) is 0 Å². The summed E-state index contributed by atoms with van der Waals surface area (Å²) in [4.78, 5) is 4.66. The molecule has 1 aromatic carbocycles. The summed E-state index contributed by atoms with van der Waals surface area (Å²) in [5.74, 6) is 0.900. The minimum Gasteiger partial charge on any atom is -0.308 e. The normalized spacial score (nSPS) is 23.6. The van der Waals surface area contributed by atoms with Crippen LogP contribution in [0.5, 0.6) is 0 Å². The van der Waals surface area contributed by atoms with Crippen molar-refractivity contribution in [1.82, 2.24) is 10.3 Å². The molecule has 1 aliphatic rings. The molecule has 17 heavy (non-hydrogen) atoms. The highest BCUT2D eigenvalue weighted by molar-refractivity contribution is 5.78. The van der Waals surface area contributed by atoms with Gasteiger partial charge in [-0.3, -0.25) is 4.98 Å². The molecule has 1 aromatic heterocycles. The van der Waals surface area contributed by atoms with E-state index in [9.17, 15) is 0 Å². The number of benzene rings is 1. The van der Waals surface area contributed by atoms with Crippen molar-refractivity contribution < 1.29 is 0 Å². The van der Waals surface area contributed by atoms with Gasteiger partial charge in [0.1, 0.15) is 0 Å². The van der Waals surface area contributed by atoms with Crippen molar-refractivity contribution in [3.8, 4) is 0 Å². The van der Waals surface area contributed by atoms with Crippen molar-refractivity contribution in [2.75, 3.05) is 0 Å². The summed E-state index contributed by atoms with van der Waals surface area (Å²) >= 11 is 0. The second-order valence-corrected chi connectivity index (χ2v) is 5.15. The Hall–Kier alpha value is -1.41. The van der Waals surface area contributed by atoms with Crippen molar-refractivity contribution in [2.24, 2.45) is 5.92 Å². The summed E-state index contributed by atoms with van der Waals surface area (Å²) in [6, 6.07) is 13.3. The van der Waals surface area contributed by atoms with Crippen LogP contribution in [0.1, 0.15) is 25.5 Å². The molecule has 1 aliphatic carbocycles. The molecule has 1 saturated carbocycles. The van der Waals surface area contributed by atoms with E-state index in [2.05, 4.69) is 47.6 Å². The summed E-state index contributed by atoms with van der Waals surface area (Å²) < 4.78 is 0. The van der Waals surface area contributed by atoms with Crippen LogP contribution in [0.15, 0.2) is 36.4 Å². The van der Waals surface area contributed by atoms with Crippen LogP contribution in [0.4, 0.5) is 0 Å². The molecule has 0 radical (unpaired) electrons. The second-order valence-electron chi connectivity index (χ2n) is 5.15. The number of hydrogen-bond donors (Lipinski definition) is 1. The molecule has 0 atom stereocenters. The highest BCUT2D eigenvalue weighted by Crippen LogP contribution is 2.26. The molecule has 2 heteroatoms. The zero-order valence-electron chi connectivity index (χ0n) is 10.2. The lowest BCUT2D eigenvalue weighted by Crippen LogP contribution is -2.39. The minimum absolute atomic E-state index is 0.707. The maximum Gasteiger partial charge on any atom is 0.0705 e. The van der Waals surface area contributed by atoms with Gasteiger partial charge in [0, 0.05) is 18.0 Å². The number of nitrogens with one attached hydrogen (secondary N) is 1. The Bertz CT molecular complexity index is 515. The third-order valence-corrected chi connectivity index (χ3v) is 3.60. The first kappa shape index (κ1) is 10.7. The van der Waals surface area contributed by atoms with Crippen LogP contribution in [-0.4, -0.2) is 11.0 Å². The first-order chi connectivity index (χ1) is 8.31. The van der Waals surface area contributed by atoms with Crippen molar-refractivity contribution in [1.29, 1.82) is 0 Å². The monoisotopic (exact) mass is 226 g/mol. The number of pyridine rings is 1. The number of hydrogen-bond acceptors (Lipinski definition) is 2. The molecule has 0 saturated heterocycles. The van der Waals surface area contributed by atoms with Crippen LogP contribution >= 0.6 is 0 Å². The minimum atomic E-state index is 0.707. The van der Waals surface area contributed by atoms with E-state index < -0.39 is 0 Å². The van der Waals surface area contributed by atoms with Gasteiger partial charge in [0.25, 0.3) is 0 Å². The number of para-hydroxylation sites is 1. The zero-order valence-corrected chi connectivity index (χ0v) is 10.2.